The number of ether oxygens (including phenoxy) is 1. The molecule has 0 atom stereocenters. The molecular weight excluding hydrogens is 678 g/mol. The zero-order valence-corrected chi connectivity index (χ0v) is 16.9. The van der Waals surface area contributed by atoms with Crippen LogP contribution in [0.4, 0.5) is 0 Å². The average molecular weight is 683 g/mol. The number of phenolic OH excluding ortho intramolecular Hbond substituents is 1. The minimum Gasteiger partial charge on any atom is -0.506 e. The number of phenols is 1. The summed E-state index contributed by atoms with van der Waals surface area (Å²) < 4.78 is 7.64. The van der Waals surface area contributed by atoms with Crippen LogP contribution in [0.1, 0.15) is 5.56 Å². The molecule has 0 aliphatic carbocycles. The molecule has 0 fully saturated rings. The van der Waals surface area contributed by atoms with E-state index in [2.05, 4.69) is 49.9 Å². The van der Waals surface area contributed by atoms with Crippen LogP contribution in [0.15, 0.2) is 0 Å². The number of halogens is 4. The van der Waals surface area contributed by atoms with Crippen LogP contribution in [-0.2, 0) is 9.53 Å². The minimum atomic E-state index is -0.758. The summed E-state index contributed by atoms with van der Waals surface area (Å²) in [6, 6.07) is 0. The maximum absolute atomic E-state index is 11.4. The average Bonchev–Trinajstić information content (AvgIpc) is 2.32. The fourth-order valence-corrected chi connectivity index (χ4v) is 4.48. The molecule has 0 saturated heterocycles. The van der Waals surface area contributed by atoms with Crippen LogP contribution in [0.5, 0.6) is 5.75 Å². The number of rotatable bonds is 2. The van der Waals surface area contributed by atoms with Gasteiger partial charge < -0.3 is 9.84 Å². The smallest absolute Gasteiger partial charge is 0.356 e. The van der Waals surface area contributed by atoms with Crippen molar-refractivity contribution < 1.29 is 14.6 Å². The summed E-state index contributed by atoms with van der Waals surface area (Å²) in [5.41, 5.74) is -0.103. The Morgan fingerprint density at radius 2 is 1.59 bits per heavy atom. The molecule has 0 heterocycles. The second kappa shape index (κ2) is 6.49. The lowest BCUT2D eigenvalue weighted by atomic mass is 10.1. The largest absolute Gasteiger partial charge is 0.506 e. The van der Waals surface area contributed by atoms with Gasteiger partial charge in [0, 0.05) is 10.7 Å². The molecule has 8 heteroatoms. The highest BCUT2D eigenvalue weighted by Crippen LogP contribution is 2.37. The van der Waals surface area contributed by atoms with Crippen molar-refractivity contribution in [2.24, 2.45) is 0 Å². The predicted molar refractivity (Wildman–Crippen MR) is 97.8 cm³/mol. The van der Waals surface area contributed by atoms with Gasteiger partial charge in [-0.2, -0.15) is 0 Å². The van der Waals surface area contributed by atoms with Gasteiger partial charge in [0.1, 0.15) is 5.75 Å². The zero-order valence-electron chi connectivity index (χ0n) is 8.28. The first-order valence-corrected chi connectivity index (χ1v) is 8.36. The van der Waals surface area contributed by atoms with Crippen molar-refractivity contribution in [1.82, 2.24) is 0 Å². The summed E-state index contributed by atoms with van der Waals surface area (Å²) in [7, 11) is 1.21. The standard InChI is InChI=1S/C9H5I4NO3/c1-17-9(16)7(14)2-3(10)4(11)5(12)6(13)8(2)15/h14-15H,1H3. The molecule has 0 amide bonds. The first-order chi connectivity index (χ1) is 7.82. The Morgan fingerprint density at radius 3 is 2.06 bits per heavy atom. The van der Waals surface area contributed by atoms with Gasteiger partial charge in [-0.05, 0) is 90.4 Å². The zero-order chi connectivity index (χ0) is 13.3. The number of hydrogen-bond acceptors (Lipinski definition) is 4. The number of methoxy groups -OCH3 is 1. The molecule has 0 aliphatic rings. The van der Waals surface area contributed by atoms with E-state index in [0.717, 1.165) is 7.14 Å². The lowest BCUT2D eigenvalue weighted by Gasteiger charge is -2.13. The van der Waals surface area contributed by atoms with E-state index in [0.29, 0.717) is 7.14 Å². The summed E-state index contributed by atoms with van der Waals surface area (Å²) in [6.45, 7) is 0. The van der Waals surface area contributed by atoms with Crippen LogP contribution in [0.25, 0.3) is 0 Å². The molecule has 0 saturated carbocycles. The van der Waals surface area contributed by atoms with Crippen molar-refractivity contribution in [2.45, 2.75) is 0 Å². The Balaban J connectivity index is 3.55. The van der Waals surface area contributed by atoms with Gasteiger partial charge in [-0.25, -0.2) is 4.79 Å². The van der Waals surface area contributed by atoms with Crippen molar-refractivity contribution in [3.05, 3.63) is 19.8 Å². The van der Waals surface area contributed by atoms with Crippen LogP contribution in [-0.4, -0.2) is 23.9 Å². The molecule has 0 radical (unpaired) electrons. The SMILES string of the molecule is COC(=O)C(=N)c1c(O)c(I)c(I)c(I)c1I. The molecule has 1 aromatic rings. The Bertz CT molecular complexity index is 486. The lowest BCUT2D eigenvalue weighted by molar-refractivity contribution is -0.132. The Labute approximate surface area is 152 Å². The van der Waals surface area contributed by atoms with Crippen LogP contribution in [0.2, 0.25) is 0 Å². The molecule has 4 nitrogen and oxygen atoms in total. The molecule has 1 rings (SSSR count). The maximum atomic E-state index is 11.4. The normalized spacial score (nSPS) is 10.2. The highest BCUT2D eigenvalue weighted by Gasteiger charge is 2.25. The monoisotopic (exact) mass is 683 g/mol. The number of benzene rings is 1. The highest BCUT2D eigenvalue weighted by molar-refractivity contribution is 14.1. The number of carbonyl (C=O) groups is 1. The van der Waals surface area contributed by atoms with Crippen molar-refractivity contribution in [1.29, 1.82) is 5.41 Å². The Kier molecular flexibility index (Phi) is 6.16. The number of carbonyl (C=O) groups excluding carboxylic acids is 1. The van der Waals surface area contributed by atoms with Crippen LogP contribution < -0.4 is 0 Å². The van der Waals surface area contributed by atoms with Crippen molar-refractivity contribution in [3.8, 4) is 5.75 Å². The summed E-state index contributed by atoms with van der Waals surface area (Å²) in [6.07, 6.45) is 0. The van der Waals surface area contributed by atoms with Crippen molar-refractivity contribution >= 4 is 102 Å². The third-order valence-electron chi connectivity index (χ3n) is 1.88. The van der Waals surface area contributed by atoms with Crippen LogP contribution >= 0.6 is 90.4 Å². The summed E-state index contributed by atoms with van der Waals surface area (Å²) >= 11 is 8.25. The molecule has 17 heavy (non-hydrogen) atoms. The molecule has 1 aromatic carbocycles. The van der Waals surface area contributed by atoms with Gasteiger partial charge in [0.05, 0.1) is 16.2 Å². The minimum absolute atomic E-state index is 0.0461. The van der Waals surface area contributed by atoms with Crippen molar-refractivity contribution in [2.75, 3.05) is 7.11 Å². The second-order valence-corrected chi connectivity index (χ2v) is 7.16. The van der Waals surface area contributed by atoms with Gasteiger partial charge in [-0.1, -0.05) is 0 Å². The van der Waals surface area contributed by atoms with E-state index in [9.17, 15) is 9.90 Å². The van der Waals surface area contributed by atoms with E-state index in [1.807, 2.05) is 45.2 Å². The third kappa shape index (κ3) is 3.16. The lowest BCUT2D eigenvalue weighted by Crippen LogP contribution is -2.18. The van der Waals surface area contributed by atoms with E-state index in [1.165, 1.54) is 7.11 Å². The quantitative estimate of drug-likeness (QED) is 0.166. The molecule has 0 aromatic heterocycles. The number of nitrogens with one attached hydrogen (secondary N) is 1. The second-order valence-electron chi connectivity index (χ2n) is 2.85. The first-order valence-electron chi connectivity index (χ1n) is 4.05. The van der Waals surface area contributed by atoms with E-state index in [4.69, 9.17) is 5.41 Å². The van der Waals surface area contributed by atoms with E-state index in [1.54, 1.807) is 0 Å². The molecule has 2 N–H and O–H groups in total. The van der Waals surface area contributed by atoms with Gasteiger partial charge in [0.15, 0.2) is 5.71 Å². The molecule has 0 aliphatic heterocycles. The Hall–Kier alpha value is 1.08. The fraction of sp³-hybridized carbons (Fsp3) is 0.111. The van der Waals surface area contributed by atoms with Gasteiger partial charge in [-0.3, -0.25) is 5.41 Å². The molecule has 0 bridgehead atoms. The van der Waals surface area contributed by atoms with Gasteiger partial charge >= 0.3 is 5.97 Å². The predicted octanol–water partition coefficient (Wildman–Crippen LogP) is 3.35. The van der Waals surface area contributed by atoms with Crippen LogP contribution in [0.3, 0.4) is 0 Å². The summed E-state index contributed by atoms with van der Waals surface area (Å²) in [5, 5.41) is 17.8. The molecular formula is C9H5I4NO3. The first kappa shape index (κ1) is 16.1. The fourth-order valence-electron chi connectivity index (χ4n) is 1.05. The topological polar surface area (TPSA) is 70.4 Å². The van der Waals surface area contributed by atoms with E-state index < -0.39 is 5.97 Å². The number of esters is 1. The molecule has 0 unspecified atom stereocenters. The summed E-state index contributed by atoms with van der Waals surface area (Å²) in [4.78, 5) is 11.4. The van der Waals surface area contributed by atoms with Gasteiger partial charge in [-0.15, -0.1) is 0 Å². The maximum Gasteiger partial charge on any atom is 0.356 e. The number of hydrogen-bond donors (Lipinski definition) is 2. The number of aromatic hydroxyl groups is 1. The van der Waals surface area contributed by atoms with Crippen molar-refractivity contribution in [3.63, 3.8) is 0 Å². The third-order valence-corrected chi connectivity index (χ3v) is 9.26. The highest BCUT2D eigenvalue weighted by atomic mass is 127. The van der Waals surface area contributed by atoms with E-state index >= 15 is 0 Å². The van der Waals surface area contributed by atoms with Crippen LogP contribution in [0, 0.1) is 19.7 Å². The van der Waals surface area contributed by atoms with Gasteiger partial charge in [0.2, 0.25) is 0 Å². The summed E-state index contributed by atoms with van der Waals surface area (Å²) in [5.74, 6) is -0.804. The molecule has 92 valence electrons. The van der Waals surface area contributed by atoms with Gasteiger partial charge in [0.25, 0.3) is 0 Å². The van der Waals surface area contributed by atoms with E-state index in [-0.39, 0.29) is 17.0 Å². The Morgan fingerprint density at radius 1 is 1.12 bits per heavy atom. The molecule has 0 spiro atoms.